The zero-order valence-electron chi connectivity index (χ0n) is 15.4. The van der Waals surface area contributed by atoms with Crippen LogP contribution in [0.2, 0.25) is 0 Å². The van der Waals surface area contributed by atoms with E-state index in [9.17, 15) is 14.0 Å². The minimum Gasteiger partial charge on any atom is -0.490 e. The van der Waals surface area contributed by atoms with Crippen LogP contribution in [0.1, 0.15) is 12.5 Å². The average molecular weight is 432 g/mol. The first-order chi connectivity index (χ1) is 13.9. The fourth-order valence-corrected chi connectivity index (χ4v) is 3.49. The molecule has 1 fully saturated rings. The Balaban J connectivity index is 1.67. The lowest BCUT2D eigenvalue weighted by molar-refractivity contribution is -0.118. The smallest absolute Gasteiger partial charge is 0.263 e. The molecule has 1 heterocycles. The summed E-state index contributed by atoms with van der Waals surface area (Å²) in [5.74, 6) is -0.177. The lowest BCUT2D eigenvalue weighted by atomic mass is 10.2. The van der Waals surface area contributed by atoms with Crippen molar-refractivity contribution in [3.05, 3.63) is 58.8 Å². The Kier molecular flexibility index (Phi) is 6.84. The maximum absolute atomic E-state index is 12.9. The molecular weight excluding hydrogens is 415 g/mol. The summed E-state index contributed by atoms with van der Waals surface area (Å²) in [6, 6.07) is 10.6. The van der Waals surface area contributed by atoms with Crippen LogP contribution in [0.4, 0.5) is 10.1 Å². The number of hydrogen-bond acceptors (Lipinski definition) is 6. The number of thiocarbonyl (C=S) groups is 1. The summed E-state index contributed by atoms with van der Waals surface area (Å²) in [5, 5.41) is 5.18. The molecule has 0 aliphatic carbocycles. The average Bonchev–Trinajstić information content (AvgIpc) is 3.00. The van der Waals surface area contributed by atoms with E-state index >= 15 is 0 Å². The number of halogens is 1. The highest BCUT2D eigenvalue weighted by molar-refractivity contribution is 8.26. The number of nitrogens with one attached hydrogen (secondary N) is 2. The van der Waals surface area contributed by atoms with E-state index in [0.717, 1.165) is 5.56 Å². The van der Waals surface area contributed by atoms with Gasteiger partial charge in [0.25, 0.3) is 11.8 Å². The van der Waals surface area contributed by atoms with Gasteiger partial charge in [-0.15, -0.1) is 0 Å². The van der Waals surface area contributed by atoms with E-state index in [-0.39, 0.29) is 18.3 Å². The second kappa shape index (κ2) is 9.53. The molecule has 0 unspecified atom stereocenters. The van der Waals surface area contributed by atoms with Crippen LogP contribution in [-0.4, -0.2) is 29.3 Å². The highest BCUT2D eigenvalue weighted by Crippen LogP contribution is 2.32. The largest absolute Gasteiger partial charge is 0.490 e. The zero-order chi connectivity index (χ0) is 20.8. The van der Waals surface area contributed by atoms with E-state index in [4.69, 9.17) is 21.7 Å². The number of thioether (sulfide) groups is 1. The molecule has 3 rings (SSSR count). The van der Waals surface area contributed by atoms with E-state index in [0.29, 0.717) is 33.0 Å². The Labute approximate surface area is 176 Å². The minimum absolute atomic E-state index is 0.240. The van der Waals surface area contributed by atoms with E-state index in [2.05, 4.69) is 10.6 Å². The highest BCUT2D eigenvalue weighted by atomic mass is 32.2. The molecule has 0 radical (unpaired) electrons. The molecule has 2 aromatic carbocycles. The topological polar surface area (TPSA) is 76.7 Å². The van der Waals surface area contributed by atoms with Crippen molar-refractivity contribution in [1.82, 2.24) is 5.32 Å². The van der Waals surface area contributed by atoms with Crippen LogP contribution >= 0.6 is 24.0 Å². The van der Waals surface area contributed by atoms with Crippen molar-refractivity contribution in [2.24, 2.45) is 0 Å². The van der Waals surface area contributed by atoms with Crippen LogP contribution in [0.3, 0.4) is 0 Å². The van der Waals surface area contributed by atoms with Gasteiger partial charge in [-0.3, -0.25) is 9.59 Å². The van der Waals surface area contributed by atoms with Crippen molar-refractivity contribution in [3.8, 4) is 11.5 Å². The van der Waals surface area contributed by atoms with E-state index in [1.54, 1.807) is 24.3 Å². The zero-order valence-corrected chi connectivity index (χ0v) is 17.0. The molecule has 0 spiro atoms. The molecule has 1 aliphatic rings. The van der Waals surface area contributed by atoms with Gasteiger partial charge in [-0.1, -0.05) is 30.0 Å². The van der Waals surface area contributed by atoms with Gasteiger partial charge >= 0.3 is 0 Å². The summed E-state index contributed by atoms with van der Waals surface area (Å²) in [6.45, 7) is 1.98. The molecule has 150 valence electrons. The molecule has 29 heavy (non-hydrogen) atoms. The van der Waals surface area contributed by atoms with Gasteiger partial charge in [0.2, 0.25) is 0 Å². The molecule has 1 aliphatic heterocycles. The number of hydrogen-bond donors (Lipinski definition) is 2. The standard InChI is InChI=1S/C20H17FN2O4S2/c1-2-26-16-9-12(10-17-19(25)23-20(28)29-17)3-8-15(16)27-11-18(24)22-14-6-4-13(21)5-7-14/h3-10H,2,11H2,1H3,(H,22,24)(H,23,25,28)/b17-10-. The second-order valence-electron chi connectivity index (χ2n) is 5.84. The molecule has 2 aromatic rings. The number of ether oxygens (including phenoxy) is 2. The summed E-state index contributed by atoms with van der Waals surface area (Å²) >= 11 is 6.17. The van der Waals surface area contributed by atoms with E-state index in [1.165, 1.54) is 36.0 Å². The Bertz CT molecular complexity index is 977. The number of benzene rings is 2. The normalized spacial score (nSPS) is 14.6. The van der Waals surface area contributed by atoms with Crippen LogP contribution in [0.5, 0.6) is 11.5 Å². The van der Waals surface area contributed by atoms with Crippen molar-refractivity contribution in [1.29, 1.82) is 0 Å². The van der Waals surface area contributed by atoms with Crippen molar-refractivity contribution >= 4 is 51.9 Å². The lowest BCUT2D eigenvalue weighted by Crippen LogP contribution is -2.20. The first kappa shape index (κ1) is 20.8. The summed E-state index contributed by atoms with van der Waals surface area (Å²) in [7, 11) is 0. The minimum atomic E-state index is -0.391. The van der Waals surface area contributed by atoms with Gasteiger partial charge in [-0.25, -0.2) is 4.39 Å². The number of carbonyl (C=O) groups is 2. The van der Waals surface area contributed by atoms with Crippen LogP contribution in [-0.2, 0) is 9.59 Å². The summed E-state index contributed by atoms with van der Waals surface area (Å²) in [4.78, 5) is 24.4. The molecule has 9 heteroatoms. The molecular formula is C20H17FN2O4S2. The quantitative estimate of drug-likeness (QED) is 0.513. The molecule has 2 amide bonds. The van der Waals surface area contributed by atoms with Crippen molar-refractivity contribution < 1.29 is 23.5 Å². The van der Waals surface area contributed by atoms with Crippen LogP contribution < -0.4 is 20.1 Å². The molecule has 0 saturated carbocycles. The maximum Gasteiger partial charge on any atom is 0.263 e. The maximum atomic E-state index is 12.9. The van der Waals surface area contributed by atoms with Gasteiger partial charge in [0.15, 0.2) is 18.1 Å². The predicted octanol–water partition coefficient (Wildman–Crippen LogP) is 3.73. The van der Waals surface area contributed by atoms with Crippen molar-refractivity contribution in [2.75, 3.05) is 18.5 Å². The molecule has 1 saturated heterocycles. The molecule has 0 aromatic heterocycles. The van der Waals surface area contributed by atoms with Crippen LogP contribution in [0.25, 0.3) is 6.08 Å². The fraction of sp³-hybridized carbons (Fsp3) is 0.150. The Morgan fingerprint density at radius 3 is 2.62 bits per heavy atom. The Hall–Kier alpha value is -2.91. The third-order valence-electron chi connectivity index (χ3n) is 3.69. The second-order valence-corrected chi connectivity index (χ2v) is 7.55. The van der Waals surface area contributed by atoms with Gasteiger partial charge < -0.3 is 20.1 Å². The number of carbonyl (C=O) groups excluding carboxylic acids is 2. The SMILES string of the molecule is CCOc1cc(/C=C2\SC(=S)NC2=O)ccc1OCC(=O)Nc1ccc(F)cc1. The van der Waals surface area contributed by atoms with Crippen LogP contribution in [0.15, 0.2) is 47.4 Å². The van der Waals surface area contributed by atoms with E-state index in [1.807, 2.05) is 6.92 Å². The molecule has 2 N–H and O–H groups in total. The predicted molar refractivity (Wildman–Crippen MR) is 114 cm³/mol. The van der Waals surface area contributed by atoms with Crippen molar-refractivity contribution in [2.45, 2.75) is 6.92 Å². The summed E-state index contributed by atoms with van der Waals surface area (Å²) in [6.07, 6.45) is 1.70. The summed E-state index contributed by atoms with van der Waals surface area (Å²) in [5.41, 5.74) is 1.20. The lowest BCUT2D eigenvalue weighted by Gasteiger charge is -2.13. The van der Waals surface area contributed by atoms with Gasteiger partial charge in [0.05, 0.1) is 11.5 Å². The molecule has 6 nitrogen and oxygen atoms in total. The van der Waals surface area contributed by atoms with Gasteiger partial charge in [-0.05, 0) is 55.0 Å². The number of rotatable bonds is 7. The van der Waals surface area contributed by atoms with Gasteiger partial charge in [0, 0.05) is 5.69 Å². The number of amides is 2. The monoisotopic (exact) mass is 432 g/mol. The summed E-state index contributed by atoms with van der Waals surface area (Å²) < 4.78 is 24.5. The van der Waals surface area contributed by atoms with Crippen molar-refractivity contribution in [3.63, 3.8) is 0 Å². The molecule has 0 bridgehead atoms. The molecule has 0 atom stereocenters. The Morgan fingerprint density at radius 1 is 1.21 bits per heavy atom. The fourth-order valence-electron chi connectivity index (χ4n) is 2.45. The number of anilines is 1. The van der Waals surface area contributed by atoms with E-state index < -0.39 is 5.91 Å². The third kappa shape index (κ3) is 5.78. The first-order valence-corrected chi connectivity index (χ1v) is 9.87. The van der Waals surface area contributed by atoms with Gasteiger partial charge in [-0.2, -0.15) is 0 Å². The first-order valence-electron chi connectivity index (χ1n) is 8.64. The van der Waals surface area contributed by atoms with Crippen LogP contribution in [0, 0.1) is 5.82 Å². The third-order valence-corrected chi connectivity index (χ3v) is 4.86. The van der Waals surface area contributed by atoms with Gasteiger partial charge in [0.1, 0.15) is 10.1 Å². The Morgan fingerprint density at radius 2 is 1.97 bits per heavy atom. The highest BCUT2D eigenvalue weighted by Gasteiger charge is 2.22.